The van der Waals surface area contributed by atoms with Crippen LogP contribution in [0.1, 0.15) is 28.4 Å². The molecule has 0 radical (unpaired) electrons. The molecule has 1 atom stereocenters. The molecule has 0 fully saturated rings. The lowest BCUT2D eigenvalue weighted by Crippen LogP contribution is -2.00. The summed E-state index contributed by atoms with van der Waals surface area (Å²) in [7, 11) is 0. The van der Waals surface area contributed by atoms with Gasteiger partial charge in [-0.15, -0.1) is 11.8 Å². The van der Waals surface area contributed by atoms with Crippen LogP contribution in [0.5, 0.6) is 5.75 Å². The van der Waals surface area contributed by atoms with Crippen molar-refractivity contribution in [1.82, 2.24) is 0 Å². The Morgan fingerprint density at radius 2 is 1.85 bits per heavy atom. The molecule has 1 unspecified atom stereocenters. The molecule has 1 nitrogen and oxygen atoms in total. The van der Waals surface area contributed by atoms with E-state index in [9.17, 15) is 0 Å². The Hall–Kier alpha value is -0.930. The molecular formula is C17H19BrOS. The van der Waals surface area contributed by atoms with Crippen molar-refractivity contribution in [3.8, 4) is 5.75 Å². The van der Waals surface area contributed by atoms with Crippen LogP contribution in [0.4, 0.5) is 0 Å². The van der Waals surface area contributed by atoms with Gasteiger partial charge in [0.2, 0.25) is 0 Å². The monoisotopic (exact) mass is 350 g/mol. The molecule has 0 bridgehead atoms. The zero-order chi connectivity index (χ0) is 14.5. The number of benzene rings is 2. The van der Waals surface area contributed by atoms with Gasteiger partial charge in [-0.05, 0) is 43.9 Å². The van der Waals surface area contributed by atoms with E-state index >= 15 is 0 Å². The first-order valence-electron chi connectivity index (χ1n) is 6.67. The summed E-state index contributed by atoms with van der Waals surface area (Å²) in [6, 6.07) is 15.0. The Bertz CT molecular complexity index is 566. The maximum atomic E-state index is 5.75. The average Bonchev–Trinajstić information content (AvgIpc) is 2.48. The predicted octanol–water partition coefficient (Wildman–Crippen LogP) is 5.60. The Kier molecular flexibility index (Phi) is 5.55. The van der Waals surface area contributed by atoms with E-state index in [1.165, 1.54) is 21.6 Å². The van der Waals surface area contributed by atoms with Crippen LogP contribution in [0.3, 0.4) is 0 Å². The van der Waals surface area contributed by atoms with E-state index < -0.39 is 0 Å². The van der Waals surface area contributed by atoms with Gasteiger partial charge in [0, 0.05) is 10.5 Å². The second kappa shape index (κ2) is 7.19. The summed E-state index contributed by atoms with van der Waals surface area (Å²) in [5.74, 6) is 0.953. The van der Waals surface area contributed by atoms with Gasteiger partial charge in [0.15, 0.2) is 0 Å². The molecule has 0 N–H and O–H groups in total. The highest BCUT2D eigenvalue weighted by Gasteiger charge is 2.15. The standard InChI is InChI=1S/C17H19BrOS/c1-4-19-16-10-5-12(2)11-15(16)17(18)13-6-8-14(20-3)9-7-13/h5-11,17H,4H2,1-3H3. The Labute approximate surface area is 133 Å². The first-order chi connectivity index (χ1) is 9.65. The van der Waals surface area contributed by atoms with Crippen molar-refractivity contribution in [2.24, 2.45) is 0 Å². The smallest absolute Gasteiger partial charge is 0.123 e. The summed E-state index contributed by atoms with van der Waals surface area (Å²) >= 11 is 5.57. The van der Waals surface area contributed by atoms with Crippen LogP contribution >= 0.6 is 27.7 Å². The van der Waals surface area contributed by atoms with Crippen LogP contribution in [0.15, 0.2) is 47.4 Å². The van der Waals surface area contributed by atoms with Gasteiger partial charge in [-0.25, -0.2) is 0 Å². The second-order valence-electron chi connectivity index (χ2n) is 4.61. The SMILES string of the molecule is CCOc1ccc(C)cc1C(Br)c1ccc(SC)cc1. The third-order valence-corrected chi connectivity index (χ3v) is 4.91. The Balaban J connectivity index is 2.35. The highest BCUT2D eigenvalue weighted by atomic mass is 79.9. The predicted molar refractivity (Wildman–Crippen MR) is 91.3 cm³/mol. The van der Waals surface area contributed by atoms with Crippen molar-refractivity contribution in [2.45, 2.75) is 23.6 Å². The largest absolute Gasteiger partial charge is 0.494 e. The van der Waals surface area contributed by atoms with Gasteiger partial charge in [-0.1, -0.05) is 45.8 Å². The summed E-state index contributed by atoms with van der Waals surface area (Å²) in [6.45, 7) is 4.80. The summed E-state index contributed by atoms with van der Waals surface area (Å²) in [6.07, 6.45) is 2.09. The van der Waals surface area contributed by atoms with Crippen molar-refractivity contribution < 1.29 is 4.74 Å². The molecule has 3 heteroatoms. The summed E-state index contributed by atoms with van der Waals surface area (Å²) in [4.78, 5) is 1.43. The molecule has 0 heterocycles. The molecular weight excluding hydrogens is 332 g/mol. The number of ether oxygens (including phenoxy) is 1. The molecule has 2 aromatic carbocycles. The van der Waals surface area contributed by atoms with Crippen LogP contribution in [-0.2, 0) is 0 Å². The summed E-state index contributed by atoms with van der Waals surface area (Å²) in [5.41, 5.74) is 3.67. The molecule has 20 heavy (non-hydrogen) atoms. The Morgan fingerprint density at radius 3 is 2.45 bits per heavy atom. The molecule has 0 aliphatic rings. The molecule has 2 rings (SSSR count). The number of halogens is 1. The van der Waals surface area contributed by atoms with Crippen molar-refractivity contribution in [1.29, 1.82) is 0 Å². The van der Waals surface area contributed by atoms with Gasteiger partial charge >= 0.3 is 0 Å². The Morgan fingerprint density at radius 1 is 1.15 bits per heavy atom. The topological polar surface area (TPSA) is 9.23 Å². The zero-order valence-electron chi connectivity index (χ0n) is 12.0. The molecule has 0 aliphatic carbocycles. The normalized spacial score (nSPS) is 12.2. The van der Waals surface area contributed by atoms with E-state index in [1.807, 2.05) is 6.92 Å². The van der Waals surface area contributed by atoms with Crippen LogP contribution in [0.2, 0.25) is 0 Å². The van der Waals surface area contributed by atoms with Gasteiger partial charge in [-0.3, -0.25) is 0 Å². The molecule has 0 aliphatic heterocycles. The summed E-state index contributed by atoms with van der Waals surface area (Å²) in [5, 5.41) is 0. The van der Waals surface area contributed by atoms with E-state index in [2.05, 4.69) is 71.6 Å². The molecule has 2 aromatic rings. The molecule has 0 amide bonds. The van der Waals surface area contributed by atoms with Crippen molar-refractivity contribution >= 4 is 27.7 Å². The third-order valence-electron chi connectivity index (χ3n) is 3.15. The summed E-state index contributed by atoms with van der Waals surface area (Å²) < 4.78 is 5.75. The first-order valence-corrected chi connectivity index (χ1v) is 8.81. The number of hydrogen-bond acceptors (Lipinski definition) is 2. The van der Waals surface area contributed by atoms with Crippen LogP contribution < -0.4 is 4.74 Å². The second-order valence-corrected chi connectivity index (χ2v) is 6.41. The van der Waals surface area contributed by atoms with Gasteiger partial charge in [-0.2, -0.15) is 0 Å². The van der Waals surface area contributed by atoms with Crippen molar-refractivity contribution in [2.75, 3.05) is 12.9 Å². The fraction of sp³-hybridized carbons (Fsp3) is 0.294. The average molecular weight is 351 g/mol. The number of alkyl halides is 1. The lowest BCUT2D eigenvalue weighted by molar-refractivity contribution is 0.337. The van der Waals surface area contributed by atoms with E-state index in [0.29, 0.717) is 6.61 Å². The number of thioether (sulfide) groups is 1. The minimum absolute atomic E-state index is 0.153. The lowest BCUT2D eigenvalue weighted by Gasteiger charge is -2.16. The van der Waals surface area contributed by atoms with Crippen LogP contribution in [0, 0.1) is 6.92 Å². The minimum Gasteiger partial charge on any atom is -0.494 e. The number of hydrogen-bond donors (Lipinski definition) is 0. The van der Waals surface area contributed by atoms with Crippen molar-refractivity contribution in [3.05, 3.63) is 59.2 Å². The highest BCUT2D eigenvalue weighted by Crippen LogP contribution is 2.37. The maximum Gasteiger partial charge on any atom is 0.123 e. The first kappa shape index (κ1) is 15.5. The molecule has 106 valence electrons. The fourth-order valence-electron chi connectivity index (χ4n) is 2.11. The minimum atomic E-state index is 0.153. The van der Waals surface area contributed by atoms with E-state index in [1.54, 1.807) is 11.8 Å². The highest BCUT2D eigenvalue weighted by molar-refractivity contribution is 9.09. The van der Waals surface area contributed by atoms with E-state index in [-0.39, 0.29) is 4.83 Å². The van der Waals surface area contributed by atoms with Crippen LogP contribution in [0.25, 0.3) is 0 Å². The molecule has 0 spiro atoms. The van der Waals surface area contributed by atoms with E-state index in [0.717, 1.165) is 5.75 Å². The van der Waals surface area contributed by atoms with Gasteiger partial charge < -0.3 is 4.74 Å². The third kappa shape index (κ3) is 3.58. The lowest BCUT2D eigenvalue weighted by atomic mass is 10.0. The van der Waals surface area contributed by atoms with Crippen LogP contribution in [-0.4, -0.2) is 12.9 Å². The van der Waals surface area contributed by atoms with Gasteiger partial charge in [0.25, 0.3) is 0 Å². The maximum absolute atomic E-state index is 5.75. The molecule has 0 saturated heterocycles. The number of rotatable bonds is 5. The van der Waals surface area contributed by atoms with Crippen molar-refractivity contribution in [3.63, 3.8) is 0 Å². The van der Waals surface area contributed by atoms with E-state index in [4.69, 9.17) is 4.74 Å². The molecule has 0 aromatic heterocycles. The van der Waals surface area contributed by atoms with Gasteiger partial charge in [0.1, 0.15) is 5.75 Å². The fourth-order valence-corrected chi connectivity index (χ4v) is 3.18. The zero-order valence-corrected chi connectivity index (χ0v) is 14.4. The van der Waals surface area contributed by atoms with Gasteiger partial charge in [0.05, 0.1) is 11.4 Å². The number of aryl methyl sites for hydroxylation is 1. The quantitative estimate of drug-likeness (QED) is 0.512. The molecule has 0 saturated carbocycles.